The zero-order valence-corrected chi connectivity index (χ0v) is 19.4. The molecule has 3 aromatic carbocycles. The van der Waals surface area contributed by atoms with E-state index in [1.165, 1.54) is 44.1 Å². The Balaban J connectivity index is 1.15. The van der Waals surface area contributed by atoms with E-state index in [0.29, 0.717) is 13.2 Å². The van der Waals surface area contributed by atoms with Crippen LogP contribution in [0.2, 0.25) is 0 Å². The first-order chi connectivity index (χ1) is 16.3. The minimum absolute atomic E-state index is 0.508. The first-order valence-electron chi connectivity index (χ1n) is 12.2. The van der Waals surface area contributed by atoms with Crippen LogP contribution in [0.15, 0.2) is 78.9 Å². The molecular formula is C29H35NO3. The van der Waals surface area contributed by atoms with Gasteiger partial charge in [-0.25, -0.2) is 0 Å². The smallest absolute Gasteiger partial charge is 0.122 e. The number of anilines is 1. The second kappa shape index (κ2) is 12.8. The third kappa shape index (κ3) is 8.05. The highest BCUT2D eigenvalue weighted by Crippen LogP contribution is 2.26. The fourth-order valence-corrected chi connectivity index (χ4v) is 4.27. The summed E-state index contributed by atoms with van der Waals surface area (Å²) in [4.78, 5) is 0. The lowest BCUT2D eigenvalue weighted by atomic mass is 9.87. The van der Waals surface area contributed by atoms with E-state index in [1.807, 2.05) is 42.5 Å². The number of rotatable bonds is 12. The van der Waals surface area contributed by atoms with Gasteiger partial charge in [-0.3, -0.25) is 0 Å². The van der Waals surface area contributed by atoms with Crippen molar-refractivity contribution >= 4 is 5.69 Å². The van der Waals surface area contributed by atoms with Gasteiger partial charge in [0.1, 0.15) is 30.5 Å². The number of hydrogen-bond acceptors (Lipinski definition) is 4. The fraction of sp³-hybridized carbons (Fsp3) is 0.379. The quantitative estimate of drug-likeness (QED) is 0.302. The van der Waals surface area contributed by atoms with E-state index in [4.69, 9.17) is 14.2 Å². The van der Waals surface area contributed by atoms with E-state index in [0.717, 1.165) is 42.0 Å². The number of benzene rings is 3. The first kappa shape index (κ1) is 23.0. The molecule has 0 saturated heterocycles. The number of ether oxygens (including phenoxy) is 3. The lowest BCUT2D eigenvalue weighted by Gasteiger charge is -2.21. The van der Waals surface area contributed by atoms with Crippen molar-refractivity contribution in [3.05, 3.63) is 84.4 Å². The summed E-state index contributed by atoms with van der Waals surface area (Å²) in [7, 11) is 0. The van der Waals surface area contributed by atoms with Gasteiger partial charge < -0.3 is 19.5 Å². The van der Waals surface area contributed by atoms with Crippen molar-refractivity contribution in [1.82, 2.24) is 0 Å². The van der Waals surface area contributed by atoms with Gasteiger partial charge in [0.25, 0.3) is 0 Å². The molecule has 4 heteroatoms. The van der Waals surface area contributed by atoms with Gasteiger partial charge in [0, 0.05) is 12.2 Å². The Morgan fingerprint density at radius 2 is 1.30 bits per heavy atom. The van der Waals surface area contributed by atoms with Crippen molar-refractivity contribution in [3.63, 3.8) is 0 Å². The molecule has 0 aromatic heterocycles. The lowest BCUT2D eigenvalue weighted by Crippen LogP contribution is -2.10. The van der Waals surface area contributed by atoms with Gasteiger partial charge >= 0.3 is 0 Å². The van der Waals surface area contributed by atoms with E-state index in [1.54, 1.807) is 0 Å². The average molecular weight is 446 g/mol. The third-order valence-electron chi connectivity index (χ3n) is 6.13. The Bertz CT molecular complexity index is 937. The Kier molecular flexibility index (Phi) is 8.92. The van der Waals surface area contributed by atoms with Gasteiger partial charge in [-0.2, -0.15) is 0 Å². The van der Waals surface area contributed by atoms with E-state index in [9.17, 15) is 0 Å². The molecule has 0 heterocycles. The Morgan fingerprint density at radius 3 is 2.09 bits per heavy atom. The molecule has 1 fully saturated rings. The summed E-state index contributed by atoms with van der Waals surface area (Å²) in [5, 5.41) is 3.48. The van der Waals surface area contributed by atoms with E-state index in [2.05, 4.69) is 41.7 Å². The molecule has 0 radical (unpaired) electrons. The zero-order chi connectivity index (χ0) is 22.6. The van der Waals surface area contributed by atoms with Crippen molar-refractivity contribution < 1.29 is 14.2 Å². The molecule has 1 saturated carbocycles. The van der Waals surface area contributed by atoms with Crippen LogP contribution in [0.3, 0.4) is 0 Å². The summed E-state index contributed by atoms with van der Waals surface area (Å²) in [5.41, 5.74) is 2.25. The molecule has 0 spiro atoms. The fourth-order valence-electron chi connectivity index (χ4n) is 4.27. The van der Waals surface area contributed by atoms with Crippen molar-refractivity contribution in [2.24, 2.45) is 5.92 Å². The highest BCUT2D eigenvalue weighted by atomic mass is 16.5. The highest BCUT2D eigenvalue weighted by Gasteiger charge is 2.13. The molecule has 3 aromatic rings. The van der Waals surface area contributed by atoms with Gasteiger partial charge in [0.2, 0.25) is 0 Å². The summed E-state index contributed by atoms with van der Waals surface area (Å²) in [6.07, 6.45) is 8.12. The van der Waals surface area contributed by atoms with Crippen molar-refractivity contribution in [2.75, 3.05) is 25.1 Å². The van der Waals surface area contributed by atoms with Gasteiger partial charge in [0.05, 0.1) is 6.61 Å². The minimum Gasteiger partial charge on any atom is -0.494 e. The normalized spacial score (nSPS) is 13.9. The van der Waals surface area contributed by atoms with Crippen LogP contribution in [0.1, 0.15) is 44.1 Å². The summed E-state index contributed by atoms with van der Waals surface area (Å²) >= 11 is 0. The van der Waals surface area contributed by atoms with Gasteiger partial charge in [-0.1, -0.05) is 62.4 Å². The van der Waals surface area contributed by atoms with E-state index >= 15 is 0 Å². The van der Waals surface area contributed by atoms with Crippen molar-refractivity contribution in [1.29, 1.82) is 0 Å². The summed E-state index contributed by atoms with van der Waals surface area (Å²) in [6.45, 7) is 2.58. The van der Waals surface area contributed by atoms with Gasteiger partial charge in [-0.05, 0) is 66.4 Å². The first-order valence-corrected chi connectivity index (χ1v) is 12.2. The minimum atomic E-state index is 0.508. The standard InChI is InChI=1S/C29H35NO3/c1-3-8-24(9-4-1)18-19-31-28-16-14-26(15-17-28)30-23-25-10-7-13-29(22-25)33-21-20-32-27-11-5-2-6-12-27/h2,5-7,10-17,22,24,30H,1,3-4,8-9,18-21,23H2. The van der Waals surface area contributed by atoms with Crippen LogP contribution in [0, 0.1) is 5.92 Å². The third-order valence-corrected chi connectivity index (χ3v) is 6.13. The molecule has 1 aliphatic carbocycles. The molecule has 1 N–H and O–H groups in total. The van der Waals surface area contributed by atoms with Gasteiger partial charge in [-0.15, -0.1) is 0 Å². The van der Waals surface area contributed by atoms with E-state index < -0.39 is 0 Å². The molecule has 0 unspecified atom stereocenters. The Labute approximate surface area is 197 Å². The molecule has 33 heavy (non-hydrogen) atoms. The number of hydrogen-bond donors (Lipinski definition) is 1. The largest absolute Gasteiger partial charge is 0.494 e. The van der Waals surface area contributed by atoms with Crippen LogP contribution < -0.4 is 19.5 Å². The maximum atomic E-state index is 5.96. The maximum Gasteiger partial charge on any atom is 0.122 e. The average Bonchev–Trinajstić information content (AvgIpc) is 2.88. The van der Waals surface area contributed by atoms with Crippen molar-refractivity contribution in [2.45, 2.75) is 45.1 Å². The summed E-state index contributed by atoms with van der Waals surface area (Å²) in [5.74, 6) is 3.52. The second-order valence-electron chi connectivity index (χ2n) is 8.68. The molecule has 4 nitrogen and oxygen atoms in total. The van der Waals surface area contributed by atoms with Crippen LogP contribution in [-0.4, -0.2) is 19.8 Å². The molecule has 174 valence electrons. The maximum absolute atomic E-state index is 5.96. The number of para-hydroxylation sites is 1. The van der Waals surface area contributed by atoms with Crippen LogP contribution in [0.25, 0.3) is 0 Å². The second-order valence-corrected chi connectivity index (χ2v) is 8.68. The number of nitrogens with one attached hydrogen (secondary N) is 1. The van der Waals surface area contributed by atoms with Gasteiger partial charge in [0.15, 0.2) is 0 Å². The summed E-state index contributed by atoms with van der Waals surface area (Å²) in [6, 6.07) is 26.2. The molecule has 1 aliphatic rings. The van der Waals surface area contributed by atoms with Crippen LogP contribution >= 0.6 is 0 Å². The predicted molar refractivity (Wildman–Crippen MR) is 134 cm³/mol. The Hall–Kier alpha value is -3.14. The summed E-state index contributed by atoms with van der Waals surface area (Å²) < 4.78 is 17.5. The molecule has 0 atom stereocenters. The SMILES string of the molecule is c1ccc(OCCOc2cccc(CNc3ccc(OCCC4CCCCC4)cc3)c2)cc1. The molecule has 0 bridgehead atoms. The monoisotopic (exact) mass is 445 g/mol. The molecule has 4 rings (SSSR count). The van der Waals surface area contributed by atoms with E-state index in [-0.39, 0.29) is 0 Å². The molecule has 0 aliphatic heterocycles. The lowest BCUT2D eigenvalue weighted by molar-refractivity contribution is 0.217. The Morgan fingerprint density at radius 1 is 0.636 bits per heavy atom. The predicted octanol–water partition coefficient (Wildman–Crippen LogP) is 7.11. The topological polar surface area (TPSA) is 39.7 Å². The van der Waals surface area contributed by atoms with Crippen LogP contribution in [-0.2, 0) is 6.54 Å². The molecular weight excluding hydrogens is 410 g/mol. The van der Waals surface area contributed by atoms with Crippen LogP contribution in [0.5, 0.6) is 17.2 Å². The zero-order valence-electron chi connectivity index (χ0n) is 19.4. The molecule has 0 amide bonds. The van der Waals surface area contributed by atoms with Crippen LogP contribution in [0.4, 0.5) is 5.69 Å². The van der Waals surface area contributed by atoms with Crippen molar-refractivity contribution in [3.8, 4) is 17.2 Å². The highest BCUT2D eigenvalue weighted by molar-refractivity contribution is 5.47.